The van der Waals surface area contributed by atoms with Gasteiger partial charge in [0.2, 0.25) is 5.96 Å². The summed E-state index contributed by atoms with van der Waals surface area (Å²) >= 11 is 0. The van der Waals surface area contributed by atoms with Crippen LogP contribution in [0.25, 0.3) is 10.9 Å². The molecular weight excluding hydrogens is 495 g/mol. The molecule has 3 N–H and O–H groups in total. The van der Waals surface area contributed by atoms with Crippen molar-refractivity contribution in [1.29, 1.82) is 5.41 Å². The number of amides is 1. The quantitative estimate of drug-likeness (QED) is 0.305. The van der Waals surface area contributed by atoms with Gasteiger partial charge in [-0.15, -0.1) is 24.8 Å². The molecule has 10 nitrogen and oxygen atoms in total. The number of hydrogen-bond acceptors (Lipinski definition) is 8. The molecule has 33 heavy (non-hydrogen) atoms. The Morgan fingerprint density at radius 1 is 1.06 bits per heavy atom. The smallest absolute Gasteiger partial charge is 0.442 e. The van der Waals surface area contributed by atoms with E-state index < -0.39 is 27.9 Å². The summed E-state index contributed by atoms with van der Waals surface area (Å²) in [5.41, 5.74) is 6.16. The van der Waals surface area contributed by atoms with Crippen molar-refractivity contribution in [2.45, 2.75) is 11.5 Å². The van der Waals surface area contributed by atoms with Gasteiger partial charge in [-0.05, 0) is 29.8 Å². The summed E-state index contributed by atoms with van der Waals surface area (Å²) in [5.74, 6) is -1.90. The van der Waals surface area contributed by atoms with Gasteiger partial charge >= 0.3 is 12.1 Å². The van der Waals surface area contributed by atoms with Crippen molar-refractivity contribution < 1.29 is 27.6 Å². The zero-order valence-electron chi connectivity index (χ0n) is 17.1. The summed E-state index contributed by atoms with van der Waals surface area (Å²) in [6.07, 6.45) is -0.179. The zero-order chi connectivity index (χ0) is 22.6. The van der Waals surface area contributed by atoms with Crippen LogP contribution in [0, 0.1) is 5.41 Å². The Hall–Kier alpha value is -3.41. The van der Waals surface area contributed by atoms with Gasteiger partial charge in [-0.1, -0.05) is 41.5 Å². The van der Waals surface area contributed by atoms with Crippen molar-refractivity contribution in [3.05, 3.63) is 71.9 Å². The van der Waals surface area contributed by atoms with E-state index in [2.05, 4.69) is 4.98 Å². The molecule has 3 rings (SSSR count). The summed E-state index contributed by atoms with van der Waals surface area (Å²) in [6.45, 7) is -0.336. The standard InChI is InChI=1S/C20H18N4O6S.2ClH/c1-31(27,28)15-7-4-5-13(11-15)12-29-20(26)24(19(21)22)30-18(25)17-10-9-14-6-2-3-8-16(14)23-17;;/h2-11H,12H2,1H3,(H3,21,22);2*1H. The number of hydrogen-bond donors (Lipinski definition) is 2. The van der Waals surface area contributed by atoms with Gasteiger partial charge in [0, 0.05) is 11.6 Å². The topological polar surface area (TPSA) is 153 Å². The van der Waals surface area contributed by atoms with E-state index in [1.54, 1.807) is 24.3 Å². The fourth-order valence-corrected chi connectivity index (χ4v) is 3.26. The molecule has 1 heterocycles. The van der Waals surface area contributed by atoms with Crippen LogP contribution in [-0.2, 0) is 26.0 Å². The normalized spacial score (nSPS) is 10.3. The number of nitrogens with one attached hydrogen (secondary N) is 1. The number of ether oxygens (including phenoxy) is 1. The van der Waals surface area contributed by atoms with E-state index in [0.29, 0.717) is 11.1 Å². The fourth-order valence-electron chi connectivity index (χ4n) is 2.56. The number of fused-ring (bicyclic) bond motifs is 1. The summed E-state index contributed by atoms with van der Waals surface area (Å²) in [5, 5.41) is 8.48. The van der Waals surface area contributed by atoms with E-state index >= 15 is 0 Å². The molecule has 0 spiro atoms. The number of aromatic nitrogens is 1. The van der Waals surface area contributed by atoms with E-state index in [9.17, 15) is 18.0 Å². The van der Waals surface area contributed by atoms with Gasteiger partial charge in [0.1, 0.15) is 6.61 Å². The first kappa shape index (κ1) is 27.6. The lowest BCUT2D eigenvalue weighted by Crippen LogP contribution is -2.43. The fraction of sp³-hybridized carbons (Fsp3) is 0.100. The number of nitrogens with zero attached hydrogens (tertiary/aromatic N) is 2. The molecule has 0 aliphatic rings. The van der Waals surface area contributed by atoms with Crippen molar-refractivity contribution in [2.24, 2.45) is 5.73 Å². The van der Waals surface area contributed by atoms with Crippen LogP contribution in [0.1, 0.15) is 16.1 Å². The maximum atomic E-state index is 12.4. The Kier molecular flexibility index (Phi) is 9.59. The minimum atomic E-state index is -3.44. The highest BCUT2D eigenvalue weighted by Crippen LogP contribution is 2.14. The van der Waals surface area contributed by atoms with Crippen LogP contribution in [0.15, 0.2) is 65.6 Å². The average Bonchev–Trinajstić information content (AvgIpc) is 2.74. The lowest BCUT2D eigenvalue weighted by molar-refractivity contribution is -0.0527. The number of nitrogens with two attached hydrogens (primary N) is 1. The minimum Gasteiger partial charge on any atom is -0.442 e. The molecule has 1 aromatic heterocycles. The van der Waals surface area contributed by atoms with E-state index in [1.807, 2.05) is 12.1 Å². The maximum Gasteiger partial charge on any atom is 0.451 e. The Labute approximate surface area is 201 Å². The number of pyridine rings is 1. The van der Waals surface area contributed by atoms with Crippen LogP contribution in [0.2, 0.25) is 0 Å². The van der Waals surface area contributed by atoms with E-state index in [0.717, 1.165) is 11.6 Å². The third-order valence-corrected chi connectivity index (χ3v) is 5.17. The largest absolute Gasteiger partial charge is 0.451 e. The molecule has 0 unspecified atom stereocenters. The number of hydroxylamine groups is 2. The van der Waals surface area contributed by atoms with Gasteiger partial charge in [0.15, 0.2) is 15.5 Å². The SMILES string of the molecule is CS(=O)(=O)c1cccc(COC(=O)N(OC(=O)c2ccc3ccccc3n2)C(=N)N)c1.Cl.Cl. The molecule has 0 saturated heterocycles. The first-order valence-corrected chi connectivity index (χ1v) is 10.7. The summed E-state index contributed by atoms with van der Waals surface area (Å²) in [4.78, 5) is 33.8. The Morgan fingerprint density at radius 2 is 1.76 bits per heavy atom. The highest BCUT2D eigenvalue weighted by atomic mass is 35.5. The number of benzene rings is 2. The van der Waals surface area contributed by atoms with E-state index in [-0.39, 0.29) is 47.1 Å². The number of rotatable bonds is 4. The monoisotopic (exact) mass is 514 g/mol. The summed E-state index contributed by atoms with van der Waals surface area (Å²) < 4.78 is 28.3. The molecule has 0 atom stereocenters. The second-order valence-electron chi connectivity index (χ2n) is 6.42. The number of para-hydroxylation sites is 1. The van der Waals surface area contributed by atoms with Crippen molar-refractivity contribution in [1.82, 2.24) is 10.0 Å². The first-order chi connectivity index (χ1) is 14.6. The molecule has 2 aromatic carbocycles. The predicted octanol–water partition coefficient (Wildman–Crippen LogP) is 3.09. The average molecular weight is 515 g/mol. The number of halogens is 2. The van der Waals surface area contributed by atoms with Gasteiger partial charge in [0.25, 0.3) is 0 Å². The molecular formula is C20H20Cl2N4O6S. The van der Waals surface area contributed by atoms with Crippen LogP contribution < -0.4 is 5.73 Å². The van der Waals surface area contributed by atoms with E-state index in [4.69, 9.17) is 20.7 Å². The van der Waals surface area contributed by atoms with Crippen molar-refractivity contribution >= 4 is 63.6 Å². The number of carbonyl (C=O) groups is 2. The third-order valence-electron chi connectivity index (χ3n) is 4.06. The Bertz CT molecular complexity index is 1290. The minimum absolute atomic E-state index is 0. The van der Waals surface area contributed by atoms with Gasteiger partial charge in [0.05, 0.1) is 10.4 Å². The highest BCUT2D eigenvalue weighted by molar-refractivity contribution is 7.90. The zero-order valence-corrected chi connectivity index (χ0v) is 19.6. The first-order valence-electron chi connectivity index (χ1n) is 8.83. The number of sulfone groups is 1. The Balaban J connectivity index is 0.00000272. The van der Waals surface area contributed by atoms with Gasteiger partial charge < -0.3 is 15.3 Å². The van der Waals surface area contributed by atoms with Crippen molar-refractivity contribution in [2.75, 3.05) is 6.26 Å². The number of carbonyl (C=O) groups excluding carboxylic acids is 2. The second-order valence-corrected chi connectivity index (χ2v) is 8.44. The van der Waals surface area contributed by atoms with Crippen LogP contribution in [0.3, 0.4) is 0 Å². The van der Waals surface area contributed by atoms with Crippen LogP contribution >= 0.6 is 24.8 Å². The van der Waals surface area contributed by atoms with Crippen LogP contribution in [0.4, 0.5) is 4.79 Å². The lowest BCUT2D eigenvalue weighted by atomic mass is 10.2. The molecule has 3 aromatic rings. The summed E-state index contributed by atoms with van der Waals surface area (Å²) in [7, 11) is -3.44. The number of guanidine groups is 1. The molecule has 0 aliphatic carbocycles. The molecule has 13 heteroatoms. The summed E-state index contributed by atoms with van der Waals surface area (Å²) in [6, 6.07) is 15.9. The molecule has 0 radical (unpaired) electrons. The molecule has 0 aliphatic heterocycles. The van der Waals surface area contributed by atoms with Gasteiger partial charge in [-0.25, -0.2) is 23.0 Å². The van der Waals surface area contributed by atoms with E-state index in [1.165, 1.54) is 24.3 Å². The molecule has 0 fully saturated rings. The molecule has 1 amide bonds. The van der Waals surface area contributed by atoms with Crippen molar-refractivity contribution in [3.8, 4) is 0 Å². The van der Waals surface area contributed by atoms with Crippen LogP contribution in [-0.4, -0.2) is 42.7 Å². The maximum absolute atomic E-state index is 12.4. The van der Waals surface area contributed by atoms with Gasteiger partial charge in [-0.3, -0.25) is 5.41 Å². The Morgan fingerprint density at radius 3 is 2.42 bits per heavy atom. The van der Waals surface area contributed by atoms with Crippen LogP contribution in [0.5, 0.6) is 0 Å². The second kappa shape index (κ2) is 11.5. The predicted molar refractivity (Wildman–Crippen MR) is 125 cm³/mol. The lowest BCUT2D eigenvalue weighted by Gasteiger charge is -2.18. The third kappa shape index (κ3) is 7.04. The van der Waals surface area contributed by atoms with Gasteiger partial charge in [-0.2, -0.15) is 0 Å². The molecule has 0 saturated carbocycles. The molecule has 176 valence electrons. The van der Waals surface area contributed by atoms with Crippen molar-refractivity contribution in [3.63, 3.8) is 0 Å². The highest BCUT2D eigenvalue weighted by Gasteiger charge is 2.25. The molecule has 0 bridgehead atoms.